The standard InChI is InChI=1S/C12H11ClN2/c1-8-5-11(14)12(15-7-8)9-3-2-4-10(13)6-9/h2-7H,14H2,1H3. The summed E-state index contributed by atoms with van der Waals surface area (Å²) < 4.78 is 0. The molecule has 2 N–H and O–H groups in total. The Morgan fingerprint density at radius 2 is 2.07 bits per heavy atom. The highest BCUT2D eigenvalue weighted by Crippen LogP contribution is 2.25. The van der Waals surface area contributed by atoms with Crippen molar-refractivity contribution < 1.29 is 0 Å². The molecule has 15 heavy (non-hydrogen) atoms. The maximum atomic E-state index is 5.91. The minimum Gasteiger partial charge on any atom is -0.397 e. The molecule has 76 valence electrons. The van der Waals surface area contributed by atoms with Gasteiger partial charge in [0.05, 0.1) is 11.4 Å². The van der Waals surface area contributed by atoms with Crippen molar-refractivity contribution >= 4 is 17.3 Å². The number of aromatic nitrogens is 1. The molecular formula is C12H11ClN2. The predicted octanol–water partition coefficient (Wildman–Crippen LogP) is 3.29. The van der Waals surface area contributed by atoms with Crippen LogP contribution in [0.3, 0.4) is 0 Å². The highest BCUT2D eigenvalue weighted by atomic mass is 35.5. The molecule has 0 bridgehead atoms. The van der Waals surface area contributed by atoms with Gasteiger partial charge in [-0.2, -0.15) is 0 Å². The number of halogens is 1. The van der Waals surface area contributed by atoms with Gasteiger partial charge >= 0.3 is 0 Å². The van der Waals surface area contributed by atoms with Gasteiger partial charge in [-0.05, 0) is 30.7 Å². The Bertz CT molecular complexity index is 495. The molecule has 0 radical (unpaired) electrons. The molecule has 0 aliphatic heterocycles. The van der Waals surface area contributed by atoms with Gasteiger partial charge in [-0.3, -0.25) is 4.98 Å². The molecule has 0 fully saturated rings. The minimum atomic E-state index is 0.678. The van der Waals surface area contributed by atoms with Gasteiger partial charge in [-0.1, -0.05) is 23.7 Å². The molecule has 0 aliphatic rings. The third kappa shape index (κ3) is 2.10. The number of nitrogen functional groups attached to an aromatic ring is 1. The Kier molecular flexibility index (Phi) is 2.60. The number of pyridine rings is 1. The lowest BCUT2D eigenvalue weighted by Crippen LogP contribution is -1.94. The summed E-state index contributed by atoms with van der Waals surface area (Å²) in [6.45, 7) is 1.96. The monoisotopic (exact) mass is 218 g/mol. The highest BCUT2D eigenvalue weighted by molar-refractivity contribution is 6.30. The summed E-state index contributed by atoms with van der Waals surface area (Å²) in [5, 5.41) is 0.689. The molecule has 0 aliphatic carbocycles. The van der Waals surface area contributed by atoms with Crippen molar-refractivity contribution in [2.24, 2.45) is 0 Å². The molecule has 0 saturated carbocycles. The van der Waals surface area contributed by atoms with Crippen molar-refractivity contribution in [3.63, 3.8) is 0 Å². The Morgan fingerprint density at radius 1 is 1.27 bits per heavy atom. The van der Waals surface area contributed by atoms with E-state index in [0.717, 1.165) is 16.8 Å². The first-order valence-electron chi connectivity index (χ1n) is 4.65. The first-order chi connectivity index (χ1) is 7.16. The summed E-state index contributed by atoms with van der Waals surface area (Å²) in [5.41, 5.74) is 9.35. The van der Waals surface area contributed by atoms with E-state index in [1.54, 1.807) is 6.20 Å². The lowest BCUT2D eigenvalue weighted by molar-refractivity contribution is 1.27. The zero-order valence-electron chi connectivity index (χ0n) is 8.37. The van der Waals surface area contributed by atoms with E-state index < -0.39 is 0 Å². The first-order valence-corrected chi connectivity index (χ1v) is 5.02. The van der Waals surface area contributed by atoms with Crippen LogP contribution in [0.5, 0.6) is 0 Å². The minimum absolute atomic E-state index is 0.678. The van der Waals surface area contributed by atoms with Crippen LogP contribution in [0.1, 0.15) is 5.56 Å². The maximum absolute atomic E-state index is 5.91. The molecule has 1 heterocycles. The molecule has 2 rings (SSSR count). The molecule has 1 aromatic heterocycles. The SMILES string of the molecule is Cc1cnc(-c2cccc(Cl)c2)c(N)c1. The Labute approximate surface area is 93.7 Å². The molecule has 0 unspecified atom stereocenters. The number of hydrogen-bond acceptors (Lipinski definition) is 2. The second kappa shape index (κ2) is 3.91. The number of hydrogen-bond donors (Lipinski definition) is 1. The van der Waals surface area contributed by atoms with Crippen LogP contribution in [0.15, 0.2) is 36.5 Å². The Morgan fingerprint density at radius 3 is 2.73 bits per heavy atom. The van der Waals surface area contributed by atoms with Crippen molar-refractivity contribution in [3.05, 3.63) is 47.1 Å². The van der Waals surface area contributed by atoms with Gasteiger partial charge in [0.15, 0.2) is 0 Å². The molecule has 0 spiro atoms. The normalized spacial score (nSPS) is 10.3. The Balaban J connectivity index is 2.54. The quantitative estimate of drug-likeness (QED) is 0.798. The summed E-state index contributed by atoms with van der Waals surface area (Å²) >= 11 is 5.91. The second-order valence-corrected chi connectivity index (χ2v) is 3.90. The van der Waals surface area contributed by atoms with Crippen LogP contribution < -0.4 is 5.73 Å². The number of anilines is 1. The van der Waals surface area contributed by atoms with Crippen molar-refractivity contribution in [1.29, 1.82) is 0 Å². The van der Waals surface area contributed by atoms with Gasteiger partial charge < -0.3 is 5.73 Å². The fraction of sp³-hybridized carbons (Fsp3) is 0.0833. The van der Waals surface area contributed by atoms with Crippen LogP contribution in [-0.2, 0) is 0 Å². The number of aryl methyl sites for hydroxylation is 1. The average Bonchev–Trinajstić information content (AvgIpc) is 2.17. The fourth-order valence-corrected chi connectivity index (χ4v) is 1.66. The van der Waals surface area contributed by atoms with E-state index in [1.807, 2.05) is 37.3 Å². The van der Waals surface area contributed by atoms with E-state index in [2.05, 4.69) is 4.98 Å². The highest BCUT2D eigenvalue weighted by Gasteiger charge is 2.04. The van der Waals surface area contributed by atoms with E-state index in [0.29, 0.717) is 10.7 Å². The zero-order chi connectivity index (χ0) is 10.8. The summed E-state index contributed by atoms with van der Waals surface area (Å²) in [4.78, 5) is 4.31. The predicted molar refractivity (Wildman–Crippen MR) is 63.8 cm³/mol. The first kappa shape index (κ1) is 9.99. The van der Waals surface area contributed by atoms with Gasteiger partial charge in [-0.15, -0.1) is 0 Å². The van der Waals surface area contributed by atoms with Crippen LogP contribution in [0.4, 0.5) is 5.69 Å². The van der Waals surface area contributed by atoms with Gasteiger partial charge in [0, 0.05) is 16.8 Å². The molecule has 0 saturated heterocycles. The molecule has 3 heteroatoms. The summed E-state index contributed by atoms with van der Waals surface area (Å²) in [5.74, 6) is 0. The number of rotatable bonds is 1. The van der Waals surface area contributed by atoms with Crippen molar-refractivity contribution in [2.45, 2.75) is 6.92 Å². The van der Waals surface area contributed by atoms with Gasteiger partial charge in [0.1, 0.15) is 0 Å². The van der Waals surface area contributed by atoms with Crippen LogP contribution in [0, 0.1) is 6.92 Å². The Hall–Kier alpha value is -1.54. The van der Waals surface area contributed by atoms with Crippen molar-refractivity contribution in [3.8, 4) is 11.3 Å². The van der Waals surface area contributed by atoms with E-state index >= 15 is 0 Å². The third-order valence-electron chi connectivity index (χ3n) is 2.15. The fourth-order valence-electron chi connectivity index (χ4n) is 1.47. The topological polar surface area (TPSA) is 38.9 Å². The number of nitrogens with zero attached hydrogens (tertiary/aromatic N) is 1. The summed E-state index contributed by atoms with van der Waals surface area (Å²) in [6.07, 6.45) is 1.80. The van der Waals surface area contributed by atoms with Crippen LogP contribution in [0.25, 0.3) is 11.3 Å². The summed E-state index contributed by atoms with van der Waals surface area (Å²) in [7, 11) is 0. The zero-order valence-corrected chi connectivity index (χ0v) is 9.12. The maximum Gasteiger partial charge on any atom is 0.0931 e. The largest absolute Gasteiger partial charge is 0.397 e. The van der Waals surface area contributed by atoms with Crippen molar-refractivity contribution in [2.75, 3.05) is 5.73 Å². The number of nitrogens with two attached hydrogens (primary N) is 1. The lowest BCUT2D eigenvalue weighted by Gasteiger charge is -2.05. The van der Waals surface area contributed by atoms with E-state index in [1.165, 1.54) is 0 Å². The van der Waals surface area contributed by atoms with Crippen LogP contribution in [-0.4, -0.2) is 4.98 Å². The van der Waals surface area contributed by atoms with E-state index in [9.17, 15) is 0 Å². The van der Waals surface area contributed by atoms with Crippen molar-refractivity contribution in [1.82, 2.24) is 4.98 Å². The van der Waals surface area contributed by atoms with Crippen LogP contribution in [0.2, 0.25) is 5.02 Å². The molecule has 1 aromatic carbocycles. The second-order valence-electron chi connectivity index (χ2n) is 3.46. The molecule has 0 amide bonds. The third-order valence-corrected chi connectivity index (χ3v) is 2.39. The van der Waals surface area contributed by atoms with Gasteiger partial charge in [-0.25, -0.2) is 0 Å². The van der Waals surface area contributed by atoms with Crippen LogP contribution >= 0.6 is 11.6 Å². The van der Waals surface area contributed by atoms with E-state index in [-0.39, 0.29) is 0 Å². The molecular weight excluding hydrogens is 208 g/mol. The summed E-state index contributed by atoms with van der Waals surface area (Å²) in [6, 6.07) is 9.42. The molecule has 0 atom stereocenters. The molecule has 2 aromatic rings. The number of benzene rings is 1. The average molecular weight is 219 g/mol. The smallest absolute Gasteiger partial charge is 0.0931 e. The van der Waals surface area contributed by atoms with E-state index in [4.69, 9.17) is 17.3 Å². The molecule has 2 nitrogen and oxygen atoms in total. The van der Waals surface area contributed by atoms with Gasteiger partial charge in [0.2, 0.25) is 0 Å². The lowest BCUT2D eigenvalue weighted by atomic mass is 10.1. The van der Waals surface area contributed by atoms with Gasteiger partial charge in [0.25, 0.3) is 0 Å².